The molecule has 1 aliphatic rings. The van der Waals surface area contributed by atoms with E-state index in [1.165, 1.54) is 12.1 Å². The zero-order chi connectivity index (χ0) is 19.4. The molecule has 144 valence electrons. The molecule has 0 N–H and O–H groups in total. The fourth-order valence-electron chi connectivity index (χ4n) is 3.46. The van der Waals surface area contributed by atoms with Crippen LogP contribution in [-0.4, -0.2) is 47.9 Å². The van der Waals surface area contributed by atoms with Crippen LogP contribution in [0.3, 0.4) is 0 Å². The number of carbonyl (C=O) groups excluding carboxylic acids is 1. The fraction of sp³-hybridized carbons (Fsp3) is 0.400. The molecule has 27 heavy (non-hydrogen) atoms. The summed E-state index contributed by atoms with van der Waals surface area (Å²) in [5.41, 5.74) is 0.373. The van der Waals surface area contributed by atoms with E-state index in [4.69, 9.17) is 0 Å². The maximum atomic E-state index is 12.9. The van der Waals surface area contributed by atoms with Gasteiger partial charge in [-0.15, -0.1) is 0 Å². The van der Waals surface area contributed by atoms with Gasteiger partial charge in [0.2, 0.25) is 0 Å². The summed E-state index contributed by atoms with van der Waals surface area (Å²) in [4.78, 5) is 20.9. The van der Waals surface area contributed by atoms with E-state index in [9.17, 15) is 18.0 Å². The SMILES string of the molecule is CCC(C(=O)c1ccccn1)N1CCN(c2cccc(C(F)(F)F)c2)CC1. The van der Waals surface area contributed by atoms with Gasteiger partial charge in [0.25, 0.3) is 0 Å². The van der Waals surface area contributed by atoms with E-state index in [0.29, 0.717) is 44.0 Å². The number of pyridine rings is 1. The number of anilines is 1. The zero-order valence-electron chi connectivity index (χ0n) is 15.1. The lowest BCUT2D eigenvalue weighted by atomic mass is 10.0. The topological polar surface area (TPSA) is 36.4 Å². The highest BCUT2D eigenvalue weighted by Crippen LogP contribution is 2.32. The molecular formula is C20H22F3N3O. The number of rotatable bonds is 5. The third-order valence-electron chi connectivity index (χ3n) is 4.90. The van der Waals surface area contributed by atoms with Crippen LogP contribution >= 0.6 is 0 Å². The number of benzene rings is 1. The zero-order valence-corrected chi connectivity index (χ0v) is 15.1. The van der Waals surface area contributed by atoms with Crippen molar-refractivity contribution in [1.29, 1.82) is 0 Å². The van der Waals surface area contributed by atoms with Crippen LogP contribution in [0.4, 0.5) is 18.9 Å². The molecule has 4 nitrogen and oxygen atoms in total. The Balaban J connectivity index is 1.67. The molecule has 0 radical (unpaired) electrons. The summed E-state index contributed by atoms with van der Waals surface area (Å²) < 4.78 is 38.8. The average molecular weight is 377 g/mol. The van der Waals surface area contributed by atoms with Crippen molar-refractivity contribution < 1.29 is 18.0 Å². The molecule has 2 heterocycles. The molecule has 7 heteroatoms. The van der Waals surface area contributed by atoms with Gasteiger partial charge >= 0.3 is 6.18 Å². The van der Waals surface area contributed by atoms with Crippen LogP contribution in [0, 0.1) is 0 Å². The van der Waals surface area contributed by atoms with Gasteiger partial charge < -0.3 is 4.90 Å². The van der Waals surface area contributed by atoms with E-state index in [1.807, 2.05) is 11.8 Å². The molecule has 1 saturated heterocycles. The van der Waals surface area contributed by atoms with Crippen molar-refractivity contribution in [3.05, 3.63) is 59.9 Å². The Morgan fingerprint density at radius 2 is 1.85 bits per heavy atom. The van der Waals surface area contributed by atoms with Gasteiger partial charge in [-0.3, -0.25) is 14.7 Å². The minimum atomic E-state index is -4.35. The van der Waals surface area contributed by atoms with Crippen molar-refractivity contribution in [1.82, 2.24) is 9.88 Å². The van der Waals surface area contributed by atoms with Crippen molar-refractivity contribution in [2.45, 2.75) is 25.6 Å². The molecule has 0 spiro atoms. The number of halogens is 3. The Labute approximate surface area is 156 Å². The monoisotopic (exact) mass is 377 g/mol. The summed E-state index contributed by atoms with van der Waals surface area (Å²) in [6.07, 6.45) is -2.08. The smallest absolute Gasteiger partial charge is 0.369 e. The molecule has 1 atom stereocenters. The highest BCUT2D eigenvalue weighted by Gasteiger charge is 2.32. The Bertz CT molecular complexity index is 772. The molecule has 0 aliphatic carbocycles. The summed E-state index contributed by atoms with van der Waals surface area (Å²) in [7, 11) is 0. The van der Waals surface area contributed by atoms with Crippen LogP contribution in [0.2, 0.25) is 0 Å². The first-order valence-corrected chi connectivity index (χ1v) is 9.01. The number of piperazine rings is 1. The first-order valence-electron chi connectivity index (χ1n) is 9.01. The number of ketones is 1. The second-order valence-corrected chi connectivity index (χ2v) is 6.57. The predicted octanol–water partition coefficient (Wildman–Crippen LogP) is 3.88. The van der Waals surface area contributed by atoms with Crippen molar-refractivity contribution in [3.8, 4) is 0 Å². The third-order valence-corrected chi connectivity index (χ3v) is 4.90. The number of hydrogen-bond donors (Lipinski definition) is 0. The molecule has 0 amide bonds. The third kappa shape index (κ3) is 4.47. The van der Waals surface area contributed by atoms with Crippen LogP contribution in [-0.2, 0) is 6.18 Å². The van der Waals surface area contributed by atoms with E-state index in [0.717, 1.165) is 6.07 Å². The van der Waals surface area contributed by atoms with Gasteiger partial charge in [-0.05, 0) is 36.8 Å². The molecule has 3 rings (SSSR count). The van der Waals surface area contributed by atoms with Gasteiger partial charge in [0.1, 0.15) is 5.69 Å². The minimum absolute atomic E-state index is 0.00869. The molecule has 0 bridgehead atoms. The highest BCUT2D eigenvalue weighted by molar-refractivity contribution is 5.98. The Kier molecular flexibility index (Phi) is 5.79. The maximum Gasteiger partial charge on any atom is 0.416 e. The largest absolute Gasteiger partial charge is 0.416 e. The molecule has 1 aromatic heterocycles. The van der Waals surface area contributed by atoms with Crippen LogP contribution < -0.4 is 4.90 Å². The summed E-state index contributed by atoms with van der Waals surface area (Å²) in [5, 5.41) is 0. The average Bonchev–Trinajstić information content (AvgIpc) is 2.69. The van der Waals surface area contributed by atoms with E-state index >= 15 is 0 Å². The second-order valence-electron chi connectivity index (χ2n) is 6.57. The minimum Gasteiger partial charge on any atom is -0.369 e. The molecule has 1 fully saturated rings. The highest BCUT2D eigenvalue weighted by atomic mass is 19.4. The number of hydrogen-bond acceptors (Lipinski definition) is 4. The fourth-order valence-corrected chi connectivity index (χ4v) is 3.46. The quantitative estimate of drug-likeness (QED) is 0.741. The molecular weight excluding hydrogens is 355 g/mol. The normalized spacial score (nSPS) is 17.0. The lowest BCUT2D eigenvalue weighted by molar-refractivity contribution is -0.137. The molecule has 2 aromatic rings. The van der Waals surface area contributed by atoms with Crippen LogP contribution in [0.5, 0.6) is 0 Å². The number of aromatic nitrogens is 1. The van der Waals surface area contributed by atoms with Crippen molar-refractivity contribution in [2.24, 2.45) is 0 Å². The van der Waals surface area contributed by atoms with Gasteiger partial charge in [-0.25, -0.2) is 0 Å². The maximum absolute atomic E-state index is 12.9. The lowest BCUT2D eigenvalue weighted by Gasteiger charge is -2.39. The number of alkyl halides is 3. The number of carbonyl (C=O) groups is 1. The first-order chi connectivity index (χ1) is 12.9. The van der Waals surface area contributed by atoms with Gasteiger partial charge in [0, 0.05) is 38.1 Å². The van der Waals surface area contributed by atoms with Gasteiger partial charge in [0.05, 0.1) is 11.6 Å². The van der Waals surface area contributed by atoms with E-state index < -0.39 is 11.7 Å². The first kappa shape index (κ1) is 19.4. The second kappa shape index (κ2) is 8.08. The van der Waals surface area contributed by atoms with Crippen molar-refractivity contribution in [2.75, 3.05) is 31.1 Å². The summed E-state index contributed by atoms with van der Waals surface area (Å²) in [6.45, 7) is 4.35. The van der Waals surface area contributed by atoms with Crippen molar-refractivity contribution in [3.63, 3.8) is 0 Å². The Morgan fingerprint density at radius 1 is 1.11 bits per heavy atom. The van der Waals surface area contributed by atoms with E-state index in [1.54, 1.807) is 30.5 Å². The summed E-state index contributed by atoms with van der Waals surface area (Å²) in [5.74, 6) is -0.00869. The molecule has 1 aliphatic heterocycles. The predicted molar refractivity (Wildman–Crippen MR) is 97.9 cm³/mol. The standard InChI is InChI=1S/C20H22F3N3O/c1-2-18(19(27)17-8-3-4-9-24-17)26-12-10-25(11-13-26)16-7-5-6-15(14-16)20(21,22)23/h3-9,14,18H,2,10-13H2,1H3. The summed E-state index contributed by atoms with van der Waals surface area (Å²) in [6, 6.07) is 10.4. The number of nitrogens with zero attached hydrogens (tertiary/aromatic N) is 3. The molecule has 1 aromatic carbocycles. The van der Waals surface area contributed by atoms with Crippen molar-refractivity contribution >= 4 is 11.5 Å². The number of Topliss-reactive ketones (excluding diaryl/α,β-unsaturated/α-hetero) is 1. The Morgan fingerprint density at radius 3 is 2.44 bits per heavy atom. The van der Waals surface area contributed by atoms with Crippen LogP contribution in [0.1, 0.15) is 29.4 Å². The summed E-state index contributed by atoms with van der Waals surface area (Å²) >= 11 is 0. The van der Waals surface area contributed by atoms with Gasteiger partial charge in [-0.2, -0.15) is 13.2 Å². The van der Waals surface area contributed by atoms with E-state index in [2.05, 4.69) is 9.88 Å². The van der Waals surface area contributed by atoms with E-state index in [-0.39, 0.29) is 11.8 Å². The van der Waals surface area contributed by atoms with Crippen LogP contribution in [0.25, 0.3) is 0 Å². The Hall–Kier alpha value is -2.41. The van der Waals surface area contributed by atoms with Gasteiger partial charge in [0.15, 0.2) is 5.78 Å². The molecule has 1 unspecified atom stereocenters. The lowest BCUT2D eigenvalue weighted by Crippen LogP contribution is -2.52. The molecule has 0 saturated carbocycles. The van der Waals surface area contributed by atoms with Gasteiger partial charge in [-0.1, -0.05) is 19.1 Å². The van der Waals surface area contributed by atoms with Crippen LogP contribution in [0.15, 0.2) is 48.7 Å².